The topological polar surface area (TPSA) is 29.8 Å². The van der Waals surface area contributed by atoms with E-state index in [1.807, 2.05) is 12.1 Å². The number of quaternary nitrogens is 1. The first-order valence-electron chi connectivity index (χ1n) is 5.96. The summed E-state index contributed by atoms with van der Waals surface area (Å²) in [6, 6.07) is 10.3. The molecule has 0 aliphatic heterocycles. The van der Waals surface area contributed by atoms with E-state index in [0.29, 0.717) is 0 Å². The van der Waals surface area contributed by atoms with Gasteiger partial charge in [0.25, 0.3) is 0 Å². The van der Waals surface area contributed by atoms with Crippen molar-refractivity contribution in [3.8, 4) is 11.3 Å². The first-order chi connectivity index (χ1) is 8.29. The fraction of sp³-hybridized carbons (Fsp3) is 0.286. The highest BCUT2D eigenvalue weighted by atomic mass is 19.1. The Labute approximate surface area is 100 Å². The van der Waals surface area contributed by atoms with E-state index in [2.05, 4.69) is 12.2 Å². The summed E-state index contributed by atoms with van der Waals surface area (Å²) in [6.45, 7) is 4.12. The Bertz CT molecular complexity index is 461. The van der Waals surface area contributed by atoms with Crippen LogP contribution in [0.5, 0.6) is 0 Å². The molecule has 0 aliphatic carbocycles. The van der Waals surface area contributed by atoms with Gasteiger partial charge >= 0.3 is 0 Å². The molecule has 2 N–H and O–H groups in total. The lowest BCUT2D eigenvalue weighted by atomic mass is 10.2. The van der Waals surface area contributed by atoms with Gasteiger partial charge in [-0.2, -0.15) is 0 Å². The summed E-state index contributed by atoms with van der Waals surface area (Å²) in [5.41, 5.74) is 0.910. The summed E-state index contributed by atoms with van der Waals surface area (Å²) >= 11 is 0. The zero-order valence-corrected chi connectivity index (χ0v) is 9.95. The van der Waals surface area contributed by atoms with Crippen molar-refractivity contribution in [3.05, 3.63) is 48.0 Å². The molecule has 2 rings (SSSR count). The molecule has 1 aromatic heterocycles. The van der Waals surface area contributed by atoms with E-state index in [9.17, 15) is 4.39 Å². The van der Waals surface area contributed by atoms with Gasteiger partial charge in [-0.05, 0) is 42.8 Å². The van der Waals surface area contributed by atoms with Gasteiger partial charge in [0.15, 0.2) is 5.76 Å². The Morgan fingerprint density at radius 3 is 2.59 bits per heavy atom. The van der Waals surface area contributed by atoms with Crippen LogP contribution >= 0.6 is 0 Å². The highest BCUT2D eigenvalue weighted by Crippen LogP contribution is 2.21. The standard InChI is InChI=1S/C14H16FNO/c1-2-9-16-10-13-7-8-14(17-13)11-3-5-12(15)6-4-11/h3-8,16H,2,9-10H2,1H3/p+1. The molecule has 90 valence electrons. The number of benzene rings is 1. The van der Waals surface area contributed by atoms with Crippen molar-refractivity contribution in [1.82, 2.24) is 0 Å². The van der Waals surface area contributed by atoms with Gasteiger partial charge < -0.3 is 9.73 Å². The lowest BCUT2D eigenvalue weighted by molar-refractivity contribution is -0.672. The van der Waals surface area contributed by atoms with E-state index in [1.165, 1.54) is 12.1 Å². The molecule has 0 bridgehead atoms. The summed E-state index contributed by atoms with van der Waals surface area (Å²) in [6.07, 6.45) is 1.16. The van der Waals surface area contributed by atoms with Crippen molar-refractivity contribution < 1.29 is 14.1 Å². The lowest BCUT2D eigenvalue weighted by Crippen LogP contribution is -2.82. The normalized spacial score (nSPS) is 10.7. The molecule has 1 heterocycles. The molecule has 0 fully saturated rings. The second kappa shape index (κ2) is 5.64. The molecule has 3 heteroatoms. The van der Waals surface area contributed by atoms with Crippen LogP contribution in [0.1, 0.15) is 19.1 Å². The van der Waals surface area contributed by atoms with Gasteiger partial charge in [-0.25, -0.2) is 4.39 Å². The second-order valence-electron chi connectivity index (χ2n) is 4.05. The Morgan fingerprint density at radius 1 is 1.12 bits per heavy atom. The predicted octanol–water partition coefficient (Wildman–Crippen LogP) is 2.56. The van der Waals surface area contributed by atoms with Gasteiger partial charge in [-0.15, -0.1) is 0 Å². The van der Waals surface area contributed by atoms with Crippen molar-refractivity contribution in [2.45, 2.75) is 19.9 Å². The van der Waals surface area contributed by atoms with Crippen molar-refractivity contribution in [1.29, 1.82) is 0 Å². The fourth-order valence-corrected chi connectivity index (χ4v) is 1.71. The molecule has 2 aromatic rings. The first-order valence-corrected chi connectivity index (χ1v) is 5.96. The van der Waals surface area contributed by atoms with Crippen LogP contribution in [-0.2, 0) is 6.54 Å². The van der Waals surface area contributed by atoms with Crippen LogP contribution in [0.25, 0.3) is 11.3 Å². The Hall–Kier alpha value is -1.61. The average molecular weight is 234 g/mol. The molecule has 0 radical (unpaired) electrons. The quantitative estimate of drug-likeness (QED) is 0.792. The summed E-state index contributed by atoms with van der Waals surface area (Å²) in [7, 11) is 0. The highest BCUT2D eigenvalue weighted by Gasteiger charge is 2.05. The second-order valence-corrected chi connectivity index (χ2v) is 4.05. The molecule has 2 nitrogen and oxygen atoms in total. The van der Waals surface area contributed by atoms with E-state index in [-0.39, 0.29) is 5.82 Å². The maximum absolute atomic E-state index is 12.8. The molecule has 0 amide bonds. The maximum atomic E-state index is 12.8. The van der Waals surface area contributed by atoms with Crippen LogP contribution < -0.4 is 5.32 Å². The number of hydrogen-bond acceptors (Lipinski definition) is 1. The van der Waals surface area contributed by atoms with Crippen LogP contribution in [0.2, 0.25) is 0 Å². The molecule has 17 heavy (non-hydrogen) atoms. The minimum atomic E-state index is -0.225. The van der Waals surface area contributed by atoms with Gasteiger partial charge in [-0.3, -0.25) is 0 Å². The van der Waals surface area contributed by atoms with Gasteiger partial charge in [-0.1, -0.05) is 6.92 Å². The zero-order chi connectivity index (χ0) is 12.1. The number of rotatable bonds is 5. The summed E-state index contributed by atoms with van der Waals surface area (Å²) in [4.78, 5) is 0. The van der Waals surface area contributed by atoms with Crippen LogP contribution in [0.3, 0.4) is 0 Å². The third-order valence-corrected chi connectivity index (χ3v) is 2.63. The molecule has 0 aliphatic rings. The SMILES string of the molecule is CCC[NH2+]Cc1ccc(-c2ccc(F)cc2)o1. The molecule has 0 unspecified atom stereocenters. The largest absolute Gasteiger partial charge is 0.455 e. The molecule has 0 atom stereocenters. The van der Waals surface area contributed by atoms with Crippen LogP contribution in [-0.4, -0.2) is 6.54 Å². The minimum absolute atomic E-state index is 0.225. The van der Waals surface area contributed by atoms with Crippen LogP contribution in [0.4, 0.5) is 4.39 Å². The predicted molar refractivity (Wildman–Crippen MR) is 64.9 cm³/mol. The van der Waals surface area contributed by atoms with E-state index in [1.54, 1.807) is 12.1 Å². The van der Waals surface area contributed by atoms with Crippen molar-refractivity contribution in [2.24, 2.45) is 0 Å². The number of hydrogen-bond donors (Lipinski definition) is 1. The summed E-state index contributed by atoms with van der Waals surface area (Å²) in [5.74, 6) is 1.53. The Morgan fingerprint density at radius 2 is 1.88 bits per heavy atom. The number of halogens is 1. The van der Waals surface area contributed by atoms with Crippen molar-refractivity contribution >= 4 is 0 Å². The van der Waals surface area contributed by atoms with Gasteiger partial charge in [0.1, 0.15) is 18.1 Å². The van der Waals surface area contributed by atoms with Gasteiger partial charge in [0.05, 0.1) is 6.54 Å². The van der Waals surface area contributed by atoms with Crippen LogP contribution in [0, 0.1) is 5.82 Å². The third-order valence-electron chi connectivity index (χ3n) is 2.63. The smallest absolute Gasteiger partial charge is 0.158 e. The molecule has 0 saturated carbocycles. The highest BCUT2D eigenvalue weighted by molar-refractivity contribution is 5.57. The zero-order valence-electron chi connectivity index (χ0n) is 9.95. The third kappa shape index (κ3) is 3.17. The Kier molecular flexibility index (Phi) is 3.94. The van der Waals surface area contributed by atoms with E-state index < -0.39 is 0 Å². The molecule has 0 spiro atoms. The molecule has 1 aromatic carbocycles. The summed E-state index contributed by atoms with van der Waals surface area (Å²) < 4.78 is 18.5. The molecular formula is C14H17FNO+. The number of furan rings is 1. The van der Waals surface area contributed by atoms with E-state index in [4.69, 9.17) is 4.42 Å². The fourth-order valence-electron chi connectivity index (χ4n) is 1.71. The monoisotopic (exact) mass is 234 g/mol. The minimum Gasteiger partial charge on any atom is -0.455 e. The maximum Gasteiger partial charge on any atom is 0.158 e. The summed E-state index contributed by atoms with van der Waals surface area (Å²) in [5, 5.41) is 2.22. The molecule has 0 saturated heterocycles. The Balaban J connectivity index is 2.04. The average Bonchev–Trinajstić information content (AvgIpc) is 2.79. The number of nitrogens with two attached hydrogens (primary N) is 1. The van der Waals surface area contributed by atoms with Crippen molar-refractivity contribution in [3.63, 3.8) is 0 Å². The van der Waals surface area contributed by atoms with Crippen LogP contribution in [0.15, 0.2) is 40.8 Å². The first kappa shape index (κ1) is 11.9. The van der Waals surface area contributed by atoms with Gasteiger partial charge in [0.2, 0.25) is 0 Å². The lowest BCUT2D eigenvalue weighted by Gasteiger charge is -1.98. The van der Waals surface area contributed by atoms with Gasteiger partial charge in [0, 0.05) is 5.56 Å². The van der Waals surface area contributed by atoms with Crippen molar-refractivity contribution in [2.75, 3.05) is 6.54 Å². The molecular weight excluding hydrogens is 217 g/mol. The van der Waals surface area contributed by atoms with E-state index in [0.717, 1.165) is 36.6 Å². The van der Waals surface area contributed by atoms with E-state index >= 15 is 0 Å².